The Labute approximate surface area is 209 Å². The summed E-state index contributed by atoms with van der Waals surface area (Å²) in [5, 5.41) is 14.8. The van der Waals surface area contributed by atoms with Crippen LogP contribution < -0.4 is 21.1 Å². The molecule has 1 aliphatic heterocycles. The lowest BCUT2D eigenvalue weighted by atomic mass is 9.96. The molecule has 10 heteroatoms. The second-order valence-corrected chi connectivity index (χ2v) is 8.64. The minimum Gasteiger partial charge on any atom is -0.492 e. The molecule has 188 valence electrons. The number of hydrogen-bond acceptors (Lipinski definition) is 8. The zero-order chi connectivity index (χ0) is 25.3. The van der Waals surface area contributed by atoms with Gasteiger partial charge in [-0.3, -0.25) is 14.5 Å². The quantitative estimate of drug-likeness (QED) is 0.319. The van der Waals surface area contributed by atoms with Crippen molar-refractivity contribution in [2.24, 2.45) is 11.7 Å². The number of carboxylic acid groups (broad SMARTS) is 1. The largest absolute Gasteiger partial charge is 0.492 e. The fourth-order valence-corrected chi connectivity index (χ4v) is 4.00. The Bertz CT molecular complexity index is 1140. The average molecular weight is 491 g/mol. The summed E-state index contributed by atoms with van der Waals surface area (Å²) in [7, 11) is 0. The lowest BCUT2D eigenvalue weighted by Crippen LogP contribution is -2.40. The molecule has 0 spiro atoms. The van der Waals surface area contributed by atoms with Crippen LogP contribution in [-0.2, 0) is 9.59 Å². The van der Waals surface area contributed by atoms with Crippen molar-refractivity contribution in [1.82, 2.24) is 14.9 Å². The molecule has 5 N–H and O–H groups in total. The molecular formula is C26H30N6O4. The fraction of sp³-hybridized carbons (Fsp3) is 0.308. The predicted molar refractivity (Wildman–Crippen MR) is 137 cm³/mol. The number of rotatable bonds is 11. The van der Waals surface area contributed by atoms with Crippen LogP contribution >= 0.6 is 0 Å². The minimum absolute atomic E-state index is 0.00310. The van der Waals surface area contributed by atoms with Crippen LogP contribution in [0.15, 0.2) is 60.9 Å². The van der Waals surface area contributed by atoms with Crippen LogP contribution in [0, 0.1) is 5.92 Å². The van der Waals surface area contributed by atoms with Crippen LogP contribution in [0.2, 0.25) is 0 Å². The van der Waals surface area contributed by atoms with Crippen molar-refractivity contribution in [3.63, 3.8) is 0 Å². The molecule has 2 heterocycles. The topological polar surface area (TPSA) is 143 Å². The lowest BCUT2D eigenvalue weighted by Gasteiger charge is -2.30. The smallest absolute Gasteiger partial charge is 0.322 e. The molecule has 0 atom stereocenters. The van der Waals surface area contributed by atoms with Crippen molar-refractivity contribution in [1.29, 1.82) is 0 Å². The minimum atomic E-state index is -0.910. The summed E-state index contributed by atoms with van der Waals surface area (Å²) < 4.78 is 5.86. The van der Waals surface area contributed by atoms with Gasteiger partial charge >= 0.3 is 5.97 Å². The monoisotopic (exact) mass is 490 g/mol. The van der Waals surface area contributed by atoms with Gasteiger partial charge in [-0.25, -0.2) is 9.97 Å². The van der Waals surface area contributed by atoms with Gasteiger partial charge in [-0.05, 0) is 67.9 Å². The summed E-state index contributed by atoms with van der Waals surface area (Å²) in [6.45, 7) is 3.00. The second kappa shape index (κ2) is 12.0. The Morgan fingerprint density at radius 3 is 2.22 bits per heavy atom. The van der Waals surface area contributed by atoms with Crippen LogP contribution in [0.3, 0.4) is 0 Å². The van der Waals surface area contributed by atoms with Crippen molar-refractivity contribution >= 4 is 29.2 Å². The molecule has 1 saturated heterocycles. The third-order valence-corrected chi connectivity index (χ3v) is 6.09. The summed E-state index contributed by atoms with van der Waals surface area (Å²) >= 11 is 0. The highest BCUT2D eigenvalue weighted by Gasteiger charge is 2.22. The molecule has 4 rings (SSSR count). The lowest BCUT2D eigenvalue weighted by molar-refractivity contribution is -0.135. The van der Waals surface area contributed by atoms with Crippen molar-refractivity contribution in [3.8, 4) is 16.9 Å². The molecule has 1 aliphatic rings. The van der Waals surface area contributed by atoms with E-state index in [1.165, 1.54) is 0 Å². The van der Waals surface area contributed by atoms with E-state index in [4.69, 9.17) is 15.6 Å². The van der Waals surface area contributed by atoms with Gasteiger partial charge in [-0.2, -0.15) is 0 Å². The number of primary amides is 1. The van der Waals surface area contributed by atoms with Crippen LogP contribution in [-0.4, -0.2) is 64.6 Å². The number of piperidine rings is 1. The van der Waals surface area contributed by atoms with Gasteiger partial charge in [0.25, 0.3) is 0 Å². The van der Waals surface area contributed by atoms with E-state index in [0.29, 0.717) is 12.6 Å². The maximum Gasteiger partial charge on any atom is 0.322 e. The van der Waals surface area contributed by atoms with E-state index in [1.807, 2.05) is 48.5 Å². The van der Waals surface area contributed by atoms with Gasteiger partial charge in [0.15, 0.2) is 0 Å². The zero-order valence-corrected chi connectivity index (χ0v) is 19.9. The van der Waals surface area contributed by atoms with Crippen molar-refractivity contribution in [2.75, 3.05) is 43.4 Å². The number of ether oxygens (including phenoxy) is 1. The number of nitrogens with two attached hydrogens (primary N) is 1. The molecule has 0 bridgehead atoms. The maximum atomic E-state index is 11.3. The van der Waals surface area contributed by atoms with E-state index in [2.05, 4.69) is 25.5 Å². The van der Waals surface area contributed by atoms with E-state index in [-0.39, 0.29) is 18.4 Å². The fourth-order valence-electron chi connectivity index (χ4n) is 4.00. The molecule has 1 amide bonds. The average Bonchev–Trinajstić information content (AvgIpc) is 2.89. The van der Waals surface area contributed by atoms with Crippen LogP contribution in [0.5, 0.6) is 5.75 Å². The molecule has 0 aliphatic carbocycles. The van der Waals surface area contributed by atoms with Crippen molar-refractivity contribution < 1.29 is 19.4 Å². The highest BCUT2D eigenvalue weighted by atomic mass is 16.5. The Balaban J connectivity index is 1.22. The summed E-state index contributed by atoms with van der Waals surface area (Å²) in [6.07, 6.45) is 5.10. The van der Waals surface area contributed by atoms with Crippen molar-refractivity contribution in [2.45, 2.75) is 12.8 Å². The number of hydrogen-bond donors (Lipinski definition) is 4. The third kappa shape index (κ3) is 7.16. The van der Waals surface area contributed by atoms with Gasteiger partial charge in [0.05, 0.1) is 0 Å². The molecule has 3 aromatic rings. The summed E-state index contributed by atoms with van der Waals surface area (Å²) in [4.78, 5) is 33.0. The number of aromatic nitrogens is 2. The Hall–Kier alpha value is -4.18. The van der Waals surface area contributed by atoms with Gasteiger partial charge in [-0.1, -0.05) is 12.1 Å². The van der Waals surface area contributed by atoms with Crippen LogP contribution in [0.4, 0.5) is 17.3 Å². The summed E-state index contributed by atoms with van der Waals surface area (Å²) in [5.74, 6) is 0.160. The predicted octanol–water partition coefficient (Wildman–Crippen LogP) is 2.96. The highest BCUT2D eigenvalue weighted by molar-refractivity contribution is 5.76. The number of nitrogens with one attached hydrogen (secondary N) is 2. The Kier molecular flexibility index (Phi) is 8.30. The number of carbonyl (C=O) groups is 2. The van der Waals surface area contributed by atoms with Crippen LogP contribution in [0.25, 0.3) is 11.1 Å². The third-order valence-electron chi connectivity index (χ3n) is 6.09. The van der Waals surface area contributed by atoms with Gasteiger partial charge in [-0.15, -0.1) is 0 Å². The normalized spacial score (nSPS) is 14.2. The molecule has 10 nitrogen and oxygen atoms in total. The van der Waals surface area contributed by atoms with E-state index in [0.717, 1.165) is 60.7 Å². The number of carboxylic acids is 1. The van der Waals surface area contributed by atoms with Gasteiger partial charge in [0.1, 0.15) is 18.9 Å². The zero-order valence-electron chi connectivity index (χ0n) is 19.9. The molecule has 0 radical (unpaired) electrons. The number of benzene rings is 2. The van der Waals surface area contributed by atoms with E-state index in [9.17, 15) is 9.59 Å². The summed E-state index contributed by atoms with van der Waals surface area (Å²) in [6, 6.07) is 15.0. The number of carbonyl (C=O) groups excluding carboxylic acids is 1. The van der Waals surface area contributed by atoms with E-state index < -0.39 is 5.97 Å². The number of anilines is 3. The Morgan fingerprint density at radius 1 is 0.972 bits per heavy atom. The standard InChI is InChI=1S/C26H30N6O4/c27-25(35)19-9-11-32(12-10-19)13-14-36-23-7-5-22(6-8-23)31-26-29-15-20(16-30-26)18-1-3-21(4-2-18)28-17-24(33)34/h1-8,15-16,19,28H,9-14,17H2,(H2,27,35)(H,33,34)(H,29,30,31). The SMILES string of the molecule is NC(=O)C1CCN(CCOc2ccc(Nc3ncc(-c4ccc(NCC(=O)O)cc4)cn3)cc2)CC1. The van der Waals surface area contributed by atoms with E-state index >= 15 is 0 Å². The first-order valence-corrected chi connectivity index (χ1v) is 11.9. The van der Waals surface area contributed by atoms with Gasteiger partial charge in [0.2, 0.25) is 11.9 Å². The Morgan fingerprint density at radius 2 is 1.61 bits per heavy atom. The summed E-state index contributed by atoms with van der Waals surface area (Å²) in [5.41, 5.74) is 8.75. The van der Waals surface area contributed by atoms with Crippen molar-refractivity contribution in [3.05, 3.63) is 60.9 Å². The number of aliphatic carboxylic acids is 1. The first-order chi connectivity index (χ1) is 17.5. The van der Waals surface area contributed by atoms with Crippen LogP contribution in [0.1, 0.15) is 12.8 Å². The molecule has 1 aromatic heterocycles. The molecule has 0 unspecified atom stereocenters. The molecular weight excluding hydrogens is 460 g/mol. The number of nitrogens with zero attached hydrogens (tertiary/aromatic N) is 3. The number of amides is 1. The first-order valence-electron chi connectivity index (χ1n) is 11.9. The highest BCUT2D eigenvalue weighted by Crippen LogP contribution is 2.23. The molecule has 1 fully saturated rings. The molecule has 36 heavy (non-hydrogen) atoms. The maximum absolute atomic E-state index is 11.3. The molecule has 0 saturated carbocycles. The van der Waals surface area contributed by atoms with E-state index in [1.54, 1.807) is 12.4 Å². The van der Waals surface area contributed by atoms with Gasteiger partial charge in [0, 0.05) is 41.8 Å². The molecule has 2 aromatic carbocycles. The number of likely N-dealkylation sites (tertiary alicyclic amines) is 1. The second-order valence-electron chi connectivity index (χ2n) is 8.64. The first kappa shape index (κ1) is 24.9. The van der Waals surface area contributed by atoms with Gasteiger partial charge < -0.3 is 26.2 Å².